The summed E-state index contributed by atoms with van der Waals surface area (Å²) in [6.45, 7) is 1.54. The molecule has 0 bridgehead atoms. The Morgan fingerprint density at radius 3 is 2.60 bits per heavy atom. The van der Waals surface area contributed by atoms with E-state index in [0.29, 0.717) is 16.8 Å². The number of ether oxygens (including phenoxy) is 1. The van der Waals surface area contributed by atoms with Gasteiger partial charge in [0.2, 0.25) is 0 Å². The molecule has 3 rings (SSSR count). The van der Waals surface area contributed by atoms with Crippen molar-refractivity contribution in [3.63, 3.8) is 0 Å². The van der Waals surface area contributed by atoms with Crippen LogP contribution in [0.5, 0.6) is 5.75 Å². The van der Waals surface area contributed by atoms with Crippen molar-refractivity contribution in [1.82, 2.24) is 9.88 Å². The molecular weight excluding hydrogens is 338 g/mol. The van der Waals surface area contributed by atoms with E-state index in [1.165, 1.54) is 0 Å². The fourth-order valence-electron chi connectivity index (χ4n) is 3.02. The van der Waals surface area contributed by atoms with Crippen LogP contribution >= 0.6 is 11.6 Å². The van der Waals surface area contributed by atoms with Gasteiger partial charge in [-0.05, 0) is 49.2 Å². The monoisotopic (exact) mass is 359 g/mol. The van der Waals surface area contributed by atoms with Gasteiger partial charge in [0.1, 0.15) is 11.6 Å². The van der Waals surface area contributed by atoms with Gasteiger partial charge in [0.15, 0.2) is 6.61 Å². The fraction of sp³-hybridized carbons (Fsp3) is 0.368. The minimum Gasteiger partial charge on any atom is -0.484 e. The lowest BCUT2D eigenvalue weighted by Crippen LogP contribution is -2.47. The number of halogens is 1. The number of likely N-dealkylation sites (tertiary alicyclic amines) is 1. The second-order valence-corrected chi connectivity index (χ2v) is 6.59. The van der Waals surface area contributed by atoms with Crippen LogP contribution in [-0.2, 0) is 4.79 Å². The van der Waals surface area contributed by atoms with Crippen molar-refractivity contribution in [2.75, 3.05) is 31.6 Å². The Morgan fingerprint density at radius 1 is 1.24 bits per heavy atom. The summed E-state index contributed by atoms with van der Waals surface area (Å²) < 4.78 is 5.55. The van der Waals surface area contributed by atoms with E-state index in [9.17, 15) is 4.79 Å². The summed E-state index contributed by atoms with van der Waals surface area (Å²) in [5.74, 6) is 1.65. The van der Waals surface area contributed by atoms with E-state index >= 15 is 0 Å². The first-order valence-corrected chi connectivity index (χ1v) is 8.81. The summed E-state index contributed by atoms with van der Waals surface area (Å²) in [5, 5.41) is 0.651. The highest BCUT2D eigenvalue weighted by atomic mass is 35.5. The van der Waals surface area contributed by atoms with Gasteiger partial charge in [-0.3, -0.25) is 4.79 Å². The summed E-state index contributed by atoms with van der Waals surface area (Å²) >= 11 is 5.84. The van der Waals surface area contributed by atoms with Gasteiger partial charge in [-0.25, -0.2) is 4.98 Å². The molecule has 5 nitrogen and oxygen atoms in total. The number of anilines is 1. The zero-order valence-electron chi connectivity index (χ0n) is 14.3. The van der Waals surface area contributed by atoms with E-state index in [4.69, 9.17) is 16.3 Å². The molecule has 2 heterocycles. The third-order valence-electron chi connectivity index (χ3n) is 4.55. The van der Waals surface area contributed by atoms with Crippen LogP contribution in [-0.4, -0.2) is 48.6 Å². The van der Waals surface area contributed by atoms with Crippen LogP contribution in [0.1, 0.15) is 12.8 Å². The maximum absolute atomic E-state index is 12.3. The normalized spacial score (nSPS) is 15.0. The third kappa shape index (κ3) is 4.63. The molecule has 0 aliphatic carbocycles. The molecule has 1 aliphatic heterocycles. The van der Waals surface area contributed by atoms with Gasteiger partial charge in [0, 0.05) is 37.4 Å². The second-order valence-electron chi connectivity index (χ2n) is 6.15. The minimum absolute atomic E-state index is 0.0221. The van der Waals surface area contributed by atoms with Crippen LogP contribution in [0.25, 0.3) is 0 Å². The van der Waals surface area contributed by atoms with Gasteiger partial charge < -0.3 is 14.5 Å². The minimum atomic E-state index is 0.0221. The van der Waals surface area contributed by atoms with Crippen molar-refractivity contribution >= 4 is 23.3 Å². The third-order valence-corrected chi connectivity index (χ3v) is 4.80. The molecule has 0 N–H and O–H groups in total. The molecule has 0 spiro atoms. The number of carbonyl (C=O) groups excluding carboxylic acids is 1. The van der Waals surface area contributed by atoms with Crippen molar-refractivity contribution in [1.29, 1.82) is 0 Å². The smallest absolute Gasteiger partial charge is 0.260 e. The summed E-state index contributed by atoms with van der Waals surface area (Å²) in [6.07, 6.45) is 3.66. The molecule has 1 saturated heterocycles. The number of nitrogens with zero attached hydrogens (tertiary/aromatic N) is 3. The summed E-state index contributed by atoms with van der Waals surface area (Å²) in [4.78, 5) is 20.8. The maximum Gasteiger partial charge on any atom is 0.260 e. The fourth-order valence-corrected chi connectivity index (χ4v) is 3.15. The van der Waals surface area contributed by atoms with Gasteiger partial charge >= 0.3 is 0 Å². The topological polar surface area (TPSA) is 45.7 Å². The Bertz CT molecular complexity index is 686. The molecule has 1 fully saturated rings. The highest BCUT2D eigenvalue weighted by Gasteiger charge is 2.26. The molecule has 132 valence electrons. The van der Waals surface area contributed by atoms with Crippen LogP contribution in [0.2, 0.25) is 5.02 Å². The number of pyridine rings is 1. The standard InChI is InChI=1S/C19H22ClN3O2/c1-22(18-4-2-3-11-21-18)16-9-12-23(13-10-16)19(24)14-25-17-7-5-15(20)6-8-17/h2-8,11,16H,9-10,12-14H2,1H3. The largest absolute Gasteiger partial charge is 0.484 e. The zero-order valence-corrected chi connectivity index (χ0v) is 15.0. The molecule has 0 unspecified atom stereocenters. The van der Waals surface area contributed by atoms with Crippen LogP contribution in [0.15, 0.2) is 48.7 Å². The average molecular weight is 360 g/mol. The van der Waals surface area contributed by atoms with Gasteiger partial charge in [0.05, 0.1) is 0 Å². The van der Waals surface area contributed by atoms with E-state index in [1.54, 1.807) is 30.5 Å². The molecule has 1 aromatic heterocycles. The van der Waals surface area contributed by atoms with E-state index in [-0.39, 0.29) is 12.5 Å². The number of hydrogen-bond acceptors (Lipinski definition) is 4. The molecule has 1 aliphatic rings. The molecule has 1 aromatic carbocycles. The van der Waals surface area contributed by atoms with E-state index < -0.39 is 0 Å². The zero-order chi connectivity index (χ0) is 17.6. The number of hydrogen-bond donors (Lipinski definition) is 0. The molecular formula is C19H22ClN3O2. The van der Waals surface area contributed by atoms with Gasteiger partial charge in [0.25, 0.3) is 5.91 Å². The first kappa shape index (κ1) is 17.5. The Balaban J connectivity index is 1.46. The number of carbonyl (C=O) groups is 1. The van der Waals surface area contributed by atoms with Gasteiger partial charge in [-0.15, -0.1) is 0 Å². The predicted molar refractivity (Wildman–Crippen MR) is 99.2 cm³/mol. The van der Waals surface area contributed by atoms with Gasteiger partial charge in [-0.1, -0.05) is 17.7 Å². The molecule has 2 aromatic rings. The molecule has 0 radical (unpaired) electrons. The van der Waals surface area contributed by atoms with E-state index in [2.05, 4.69) is 16.9 Å². The van der Waals surface area contributed by atoms with E-state index in [0.717, 1.165) is 31.7 Å². The maximum atomic E-state index is 12.3. The van der Waals surface area contributed by atoms with Crippen LogP contribution < -0.4 is 9.64 Å². The highest BCUT2D eigenvalue weighted by Crippen LogP contribution is 2.20. The summed E-state index contributed by atoms with van der Waals surface area (Å²) in [7, 11) is 2.06. The van der Waals surface area contributed by atoms with Crippen molar-refractivity contribution in [2.24, 2.45) is 0 Å². The summed E-state index contributed by atoms with van der Waals surface area (Å²) in [6, 6.07) is 13.4. The Morgan fingerprint density at radius 2 is 1.96 bits per heavy atom. The molecule has 0 saturated carbocycles. The SMILES string of the molecule is CN(c1ccccn1)C1CCN(C(=O)COc2ccc(Cl)cc2)CC1. The number of rotatable bonds is 5. The van der Waals surface area contributed by atoms with Crippen molar-refractivity contribution in [2.45, 2.75) is 18.9 Å². The second kappa shape index (κ2) is 8.21. The van der Waals surface area contributed by atoms with Crippen LogP contribution in [0, 0.1) is 0 Å². The Labute approximate surface area is 153 Å². The lowest BCUT2D eigenvalue weighted by molar-refractivity contribution is -0.134. The molecule has 0 atom stereocenters. The Kier molecular flexibility index (Phi) is 5.76. The lowest BCUT2D eigenvalue weighted by Gasteiger charge is -2.37. The Hall–Kier alpha value is -2.27. The number of amides is 1. The highest BCUT2D eigenvalue weighted by molar-refractivity contribution is 6.30. The van der Waals surface area contributed by atoms with E-state index in [1.807, 2.05) is 23.1 Å². The molecule has 1 amide bonds. The van der Waals surface area contributed by atoms with Crippen molar-refractivity contribution in [3.8, 4) is 5.75 Å². The lowest BCUT2D eigenvalue weighted by atomic mass is 10.0. The van der Waals surface area contributed by atoms with Crippen molar-refractivity contribution in [3.05, 3.63) is 53.7 Å². The van der Waals surface area contributed by atoms with Crippen LogP contribution in [0.3, 0.4) is 0 Å². The predicted octanol–water partition coefficient (Wildman–Crippen LogP) is 3.24. The molecule has 25 heavy (non-hydrogen) atoms. The molecule has 6 heteroatoms. The number of aromatic nitrogens is 1. The summed E-state index contributed by atoms with van der Waals surface area (Å²) in [5.41, 5.74) is 0. The average Bonchev–Trinajstić information content (AvgIpc) is 2.67. The number of piperidine rings is 1. The number of benzene rings is 1. The first-order valence-electron chi connectivity index (χ1n) is 8.43. The van der Waals surface area contributed by atoms with Crippen LogP contribution in [0.4, 0.5) is 5.82 Å². The van der Waals surface area contributed by atoms with Crippen molar-refractivity contribution < 1.29 is 9.53 Å². The van der Waals surface area contributed by atoms with Gasteiger partial charge in [-0.2, -0.15) is 0 Å². The quantitative estimate of drug-likeness (QED) is 0.822. The first-order chi connectivity index (χ1) is 12.1.